The highest BCUT2D eigenvalue weighted by Crippen LogP contribution is 1.78. The van der Waals surface area contributed by atoms with Gasteiger partial charge >= 0.3 is 0 Å². The predicted octanol–water partition coefficient (Wildman–Crippen LogP) is 0.0192. The first-order valence-electron chi connectivity index (χ1n) is 2.04. The summed E-state index contributed by atoms with van der Waals surface area (Å²) in [7, 11) is 0. The third-order valence-corrected chi connectivity index (χ3v) is 1.03. The number of rotatable bonds is 1. The summed E-state index contributed by atoms with van der Waals surface area (Å²) < 4.78 is 24.3. The second-order valence-corrected chi connectivity index (χ2v) is 2.27. The van der Waals surface area contributed by atoms with E-state index in [4.69, 9.17) is 8.76 Å². The molecule has 7 heteroatoms. The van der Waals surface area contributed by atoms with E-state index in [9.17, 15) is 0 Å². The quantitative estimate of drug-likeness (QED) is 0.448. The Morgan fingerprint density at radius 2 is 2.40 bits per heavy atom. The summed E-state index contributed by atoms with van der Waals surface area (Å²) in [6, 6.07) is 0. The molecule has 0 saturated heterocycles. The summed E-state index contributed by atoms with van der Waals surface area (Å²) in [6.45, 7) is 2.70. The van der Waals surface area contributed by atoms with Crippen molar-refractivity contribution in [1.29, 1.82) is 0 Å². The molecule has 1 heterocycles. The van der Waals surface area contributed by atoms with Crippen LogP contribution in [0.1, 0.15) is 0 Å². The molecule has 0 spiro atoms. The molecule has 0 aliphatic rings. The molecule has 1 rings (SSSR count). The third kappa shape index (κ3) is 7.34. The van der Waals surface area contributed by atoms with Gasteiger partial charge in [0, 0.05) is 12.1 Å². The van der Waals surface area contributed by atoms with Crippen molar-refractivity contribution in [3.8, 4) is 0 Å². The fraction of sp³-hybridized carbons (Fsp3) is 0. The molecule has 0 aliphatic heterocycles. The van der Waals surface area contributed by atoms with E-state index in [0.717, 1.165) is 0 Å². The molecular weight excluding hydrogens is 174 g/mol. The largest absolute Gasteiger partial charge is 0.754 e. The van der Waals surface area contributed by atoms with E-state index in [1.807, 2.05) is 5.38 Å². The van der Waals surface area contributed by atoms with Gasteiger partial charge in [0.1, 0.15) is 0 Å². The Morgan fingerprint density at radius 1 is 1.80 bits per heavy atom. The van der Waals surface area contributed by atoms with Crippen molar-refractivity contribution >= 4 is 29.5 Å². The number of nitrogens with zero attached hydrogens (tertiary/aromatic N) is 3. The Kier molecular flexibility index (Phi) is 6.03. The van der Waals surface area contributed by atoms with Crippen molar-refractivity contribution < 1.29 is 8.76 Å². The van der Waals surface area contributed by atoms with Crippen molar-refractivity contribution in [3.63, 3.8) is 0 Å². The molecular formula is C3H4N3O2S2-. The molecule has 0 radical (unpaired) electrons. The van der Waals surface area contributed by atoms with Crippen LogP contribution < -0.4 is 0 Å². The molecule has 0 bridgehead atoms. The van der Waals surface area contributed by atoms with Gasteiger partial charge in [-0.05, 0) is 11.5 Å². The molecule has 10 heavy (non-hydrogen) atoms. The van der Waals surface area contributed by atoms with Crippen LogP contribution in [0.3, 0.4) is 0 Å². The van der Waals surface area contributed by atoms with Crippen molar-refractivity contribution in [2.75, 3.05) is 0 Å². The van der Waals surface area contributed by atoms with Crippen LogP contribution in [0.25, 0.3) is 0 Å². The molecule has 0 aromatic carbocycles. The average molecular weight is 178 g/mol. The Bertz CT molecular complexity index is 170. The van der Waals surface area contributed by atoms with Crippen LogP contribution in [0.2, 0.25) is 0 Å². The van der Waals surface area contributed by atoms with Crippen LogP contribution >= 0.6 is 11.5 Å². The van der Waals surface area contributed by atoms with Gasteiger partial charge in [-0.3, -0.25) is 4.21 Å². The van der Waals surface area contributed by atoms with Crippen LogP contribution in [0.15, 0.2) is 16.0 Å². The van der Waals surface area contributed by atoms with Crippen molar-refractivity contribution in [1.82, 2.24) is 9.59 Å². The standard InChI is InChI=1S/C2H2N2S.CH3NO2S/c1-2-5-4-3-1;1-2-5(3)4/h1-2H;1H2,(H,3,4)/p-1. The lowest BCUT2D eigenvalue weighted by Gasteiger charge is -1.86. The van der Waals surface area contributed by atoms with Crippen LogP contribution in [0.4, 0.5) is 0 Å². The van der Waals surface area contributed by atoms with Gasteiger partial charge in [0.25, 0.3) is 0 Å². The lowest BCUT2D eigenvalue weighted by atomic mass is 11.1. The second-order valence-electron chi connectivity index (χ2n) is 0.934. The molecule has 5 nitrogen and oxygen atoms in total. The zero-order valence-corrected chi connectivity index (χ0v) is 6.47. The van der Waals surface area contributed by atoms with E-state index in [1.165, 1.54) is 11.5 Å². The Morgan fingerprint density at radius 3 is 2.50 bits per heavy atom. The summed E-state index contributed by atoms with van der Waals surface area (Å²) in [5.41, 5.74) is 0. The minimum absolute atomic E-state index is 1.35. The minimum atomic E-state index is -2.31. The fourth-order valence-corrected chi connectivity index (χ4v) is 0.408. The van der Waals surface area contributed by atoms with E-state index in [2.05, 4.69) is 20.7 Å². The number of aromatic nitrogens is 2. The lowest BCUT2D eigenvalue weighted by molar-refractivity contribution is 0.539. The summed E-state index contributed by atoms with van der Waals surface area (Å²) in [5, 5.41) is 5.31. The van der Waals surface area contributed by atoms with Gasteiger partial charge in [-0.2, -0.15) is 0 Å². The fourth-order valence-electron chi connectivity index (χ4n) is 0.136. The van der Waals surface area contributed by atoms with E-state index in [1.54, 1.807) is 6.20 Å². The molecule has 0 fully saturated rings. The SMILES string of the molecule is C=NS(=O)[O-].c1csnn1. The van der Waals surface area contributed by atoms with E-state index in [0.29, 0.717) is 0 Å². The van der Waals surface area contributed by atoms with Crippen LogP contribution in [-0.2, 0) is 11.3 Å². The Balaban J connectivity index is 0.000000162. The zero-order valence-electron chi connectivity index (χ0n) is 4.84. The zero-order chi connectivity index (χ0) is 7.82. The van der Waals surface area contributed by atoms with Gasteiger partial charge in [0.05, 0.1) is 17.5 Å². The first-order valence-corrected chi connectivity index (χ1v) is 3.91. The first-order chi connectivity index (χ1) is 4.77. The molecule has 56 valence electrons. The molecule has 1 aromatic heterocycles. The summed E-state index contributed by atoms with van der Waals surface area (Å²) in [6.07, 6.45) is 1.66. The van der Waals surface area contributed by atoms with Gasteiger partial charge in [-0.25, -0.2) is 4.40 Å². The molecule has 1 unspecified atom stereocenters. The second kappa shape index (κ2) is 6.46. The average Bonchev–Trinajstić information content (AvgIpc) is 2.43. The van der Waals surface area contributed by atoms with E-state index < -0.39 is 11.3 Å². The lowest BCUT2D eigenvalue weighted by Crippen LogP contribution is -1.72. The third-order valence-electron chi connectivity index (χ3n) is 0.388. The maximum absolute atomic E-state index is 9.14. The smallest absolute Gasteiger partial charge is 0.0670 e. The molecule has 0 aliphatic carbocycles. The Labute approximate surface area is 64.4 Å². The van der Waals surface area contributed by atoms with E-state index in [-0.39, 0.29) is 0 Å². The van der Waals surface area contributed by atoms with Crippen LogP contribution in [0, 0.1) is 0 Å². The van der Waals surface area contributed by atoms with Crippen LogP contribution in [0.5, 0.6) is 0 Å². The van der Waals surface area contributed by atoms with E-state index >= 15 is 0 Å². The maximum Gasteiger partial charge on any atom is 0.0670 e. The van der Waals surface area contributed by atoms with Crippen LogP contribution in [-0.4, -0.2) is 25.1 Å². The van der Waals surface area contributed by atoms with Crippen molar-refractivity contribution in [2.45, 2.75) is 0 Å². The molecule has 1 aromatic rings. The molecule has 0 amide bonds. The molecule has 0 saturated carbocycles. The normalized spacial score (nSPS) is 10.9. The van der Waals surface area contributed by atoms with Gasteiger partial charge < -0.3 is 4.55 Å². The maximum atomic E-state index is 9.14. The van der Waals surface area contributed by atoms with Gasteiger partial charge in [0.2, 0.25) is 0 Å². The highest BCUT2D eigenvalue weighted by atomic mass is 32.2. The number of hydrogen-bond acceptors (Lipinski definition) is 5. The molecule has 0 N–H and O–H groups in total. The summed E-state index contributed by atoms with van der Waals surface area (Å²) >= 11 is -0.957. The van der Waals surface area contributed by atoms with Crippen molar-refractivity contribution in [3.05, 3.63) is 11.6 Å². The van der Waals surface area contributed by atoms with Gasteiger partial charge in [-0.15, -0.1) is 5.10 Å². The molecule has 1 atom stereocenters. The highest BCUT2D eigenvalue weighted by Gasteiger charge is 1.61. The Hall–Kier alpha value is -0.660. The van der Waals surface area contributed by atoms with Gasteiger partial charge in [0.15, 0.2) is 0 Å². The van der Waals surface area contributed by atoms with Gasteiger partial charge in [-0.1, -0.05) is 4.49 Å². The predicted molar refractivity (Wildman–Crippen MR) is 38.4 cm³/mol. The first kappa shape index (κ1) is 9.34. The van der Waals surface area contributed by atoms with Crippen molar-refractivity contribution in [2.24, 2.45) is 4.40 Å². The summed E-state index contributed by atoms with van der Waals surface area (Å²) in [5.74, 6) is 0. The summed E-state index contributed by atoms with van der Waals surface area (Å²) in [4.78, 5) is 0. The topological polar surface area (TPSA) is 78.3 Å². The highest BCUT2D eigenvalue weighted by molar-refractivity contribution is 7.77. The minimum Gasteiger partial charge on any atom is -0.754 e. The number of hydrogen-bond donors (Lipinski definition) is 0. The monoisotopic (exact) mass is 178 g/mol.